The lowest BCUT2D eigenvalue weighted by Gasteiger charge is -2.54. The van der Waals surface area contributed by atoms with Gasteiger partial charge in [0.1, 0.15) is 0 Å². The molecule has 3 atom stereocenters. The molecular weight excluding hydrogens is 180 g/mol. The van der Waals surface area contributed by atoms with Gasteiger partial charge >= 0.3 is 0 Å². The molecular formula is C15H24. The van der Waals surface area contributed by atoms with Crippen LogP contribution in [0.25, 0.3) is 0 Å². The molecule has 0 aromatic rings. The Labute approximate surface area is 94.1 Å². The van der Waals surface area contributed by atoms with E-state index in [9.17, 15) is 0 Å². The number of hydrogen-bond donors (Lipinski definition) is 0. The summed E-state index contributed by atoms with van der Waals surface area (Å²) in [5.41, 5.74) is 3.58. The van der Waals surface area contributed by atoms with Crippen molar-refractivity contribution in [2.24, 2.45) is 22.2 Å². The molecule has 84 valence electrons. The maximum atomic E-state index is 2.57. The van der Waals surface area contributed by atoms with E-state index in [2.05, 4.69) is 33.8 Å². The smallest absolute Gasteiger partial charge is 0.0118 e. The third kappa shape index (κ3) is 0.946. The van der Waals surface area contributed by atoms with Gasteiger partial charge < -0.3 is 0 Å². The van der Waals surface area contributed by atoms with Crippen LogP contribution in [0.5, 0.6) is 0 Å². The molecule has 0 amide bonds. The lowest BCUT2D eigenvalue weighted by Crippen LogP contribution is -2.46. The minimum Gasteiger partial charge on any atom is -0.0847 e. The Bertz CT molecular complexity index is 336. The van der Waals surface area contributed by atoms with Gasteiger partial charge in [-0.25, -0.2) is 0 Å². The molecule has 2 saturated carbocycles. The van der Waals surface area contributed by atoms with Gasteiger partial charge in [-0.2, -0.15) is 0 Å². The first-order chi connectivity index (χ1) is 6.93. The van der Waals surface area contributed by atoms with Gasteiger partial charge in [0.15, 0.2) is 0 Å². The third-order valence-corrected chi connectivity index (χ3v) is 6.20. The molecule has 0 heteroatoms. The second kappa shape index (κ2) is 2.52. The summed E-state index contributed by atoms with van der Waals surface area (Å²) in [4.78, 5) is 0. The Balaban J connectivity index is 2.10. The summed E-state index contributed by atoms with van der Waals surface area (Å²) < 4.78 is 0. The Morgan fingerprint density at radius 3 is 2.67 bits per heavy atom. The molecule has 0 aromatic heterocycles. The zero-order valence-electron chi connectivity index (χ0n) is 10.7. The van der Waals surface area contributed by atoms with E-state index in [4.69, 9.17) is 0 Å². The van der Waals surface area contributed by atoms with Crippen molar-refractivity contribution in [3.63, 3.8) is 0 Å². The van der Waals surface area contributed by atoms with E-state index < -0.39 is 0 Å². The summed E-state index contributed by atoms with van der Waals surface area (Å²) >= 11 is 0. The van der Waals surface area contributed by atoms with Crippen LogP contribution < -0.4 is 0 Å². The minimum absolute atomic E-state index is 0.584. The van der Waals surface area contributed by atoms with Crippen molar-refractivity contribution in [3.05, 3.63) is 11.6 Å². The van der Waals surface area contributed by atoms with Gasteiger partial charge in [0.25, 0.3) is 0 Å². The van der Waals surface area contributed by atoms with E-state index in [-0.39, 0.29) is 0 Å². The van der Waals surface area contributed by atoms with Crippen molar-refractivity contribution in [1.82, 2.24) is 0 Å². The number of hydrogen-bond acceptors (Lipinski definition) is 0. The predicted octanol–water partition coefficient (Wildman–Crippen LogP) is 4.56. The molecule has 0 bridgehead atoms. The fourth-order valence-electron chi connectivity index (χ4n) is 5.22. The van der Waals surface area contributed by atoms with Crippen LogP contribution in [0.15, 0.2) is 11.6 Å². The Hall–Kier alpha value is -0.260. The molecule has 0 saturated heterocycles. The molecule has 1 spiro atoms. The topological polar surface area (TPSA) is 0 Å². The summed E-state index contributed by atoms with van der Waals surface area (Å²) in [5, 5.41) is 0. The largest absolute Gasteiger partial charge is 0.0847 e. The maximum absolute atomic E-state index is 2.57. The van der Waals surface area contributed by atoms with E-state index in [0.29, 0.717) is 16.2 Å². The van der Waals surface area contributed by atoms with Crippen molar-refractivity contribution in [1.29, 1.82) is 0 Å². The quantitative estimate of drug-likeness (QED) is 0.507. The molecule has 3 aliphatic rings. The number of allylic oxidation sites excluding steroid dienone is 2. The van der Waals surface area contributed by atoms with E-state index in [1.54, 1.807) is 5.57 Å². The van der Waals surface area contributed by atoms with E-state index >= 15 is 0 Å². The van der Waals surface area contributed by atoms with Crippen LogP contribution >= 0.6 is 0 Å². The molecule has 2 fully saturated rings. The van der Waals surface area contributed by atoms with Crippen molar-refractivity contribution in [3.8, 4) is 0 Å². The van der Waals surface area contributed by atoms with Gasteiger partial charge in [0, 0.05) is 0 Å². The first-order valence-corrected chi connectivity index (χ1v) is 6.60. The SMILES string of the molecule is CC1=CCC2(C)CCCC(C)(C)C23CC13. The van der Waals surface area contributed by atoms with Gasteiger partial charge in [-0.15, -0.1) is 0 Å². The summed E-state index contributed by atoms with van der Waals surface area (Å²) in [5.74, 6) is 0.937. The number of rotatable bonds is 0. The van der Waals surface area contributed by atoms with Crippen LogP contribution in [0.4, 0.5) is 0 Å². The Kier molecular flexibility index (Phi) is 1.67. The van der Waals surface area contributed by atoms with E-state index in [0.717, 1.165) is 5.92 Å². The van der Waals surface area contributed by atoms with Crippen LogP contribution in [-0.4, -0.2) is 0 Å². The Morgan fingerprint density at radius 1 is 1.20 bits per heavy atom. The molecule has 0 aliphatic heterocycles. The highest BCUT2D eigenvalue weighted by Crippen LogP contribution is 2.80. The maximum Gasteiger partial charge on any atom is -0.0118 e. The predicted molar refractivity (Wildman–Crippen MR) is 64.7 cm³/mol. The van der Waals surface area contributed by atoms with E-state index in [1.165, 1.54) is 32.1 Å². The standard InChI is InChI=1S/C15H24/c1-11-6-9-14(4)8-5-7-13(2,3)15(14)10-12(11)15/h6,12H,5,7-10H2,1-4H3. The van der Waals surface area contributed by atoms with Crippen LogP contribution in [0.1, 0.15) is 59.8 Å². The third-order valence-electron chi connectivity index (χ3n) is 6.20. The highest BCUT2D eigenvalue weighted by atomic mass is 14.8. The van der Waals surface area contributed by atoms with Crippen molar-refractivity contribution in [2.75, 3.05) is 0 Å². The summed E-state index contributed by atoms with van der Waals surface area (Å²) in [6.45, 7) is 9.99. The van der Waals surface area contributed by atoms with Crippen LogP contribution in [0.2, 0.25) is 0 Å². The fraction of sp³-hybridized carbons (Fsp3) is 0.867. The molecule has 0 N–H and O–H groups in total. The molecule has 3 aliphatic carbocycles. The zero-order chi connectivity index (χ0) is 10.9. The zero-order valence-corrected chi connectivity index (χ0v) is 10.7. The fourth-order valence-corrected chi connectivity index (χ4v) is 5.22. The normalized spacial score (nSPS) is 51.5. The molecule has 0 radical (unpaired) electrons. The first-order valence-electron chi connectivity index (χ1n) is 6.60. The summed E-state index contributed by atoms with van der Waals surface area (Å²) in [7, 11) is 0. The van der Waals surface area contributed by atoms with Crippen LogP contribution in [-0.2, 0) is 0 Å². The molecule has 3 rings (SSSR count). The summed E-state index contributed by atoms with van der Waals surface area (Å²) in [6, 6.07) is 0. The van der Waals surface area contributed by atoms with Crippen LogP contribution in [0, 0.1) is 22.2 Å². The van der Waals surface area contributed by atoms with Gasteiger partial charge in [-0.05, 0) is 54.8 Å². The van der Waals surface area contributed by atoms with Gasteiger partial charge in [0.2, 0.25) is 0 Å². The molecule has 0 aromatic carbocycles. The van der Waals surface area contributed by atoms with Crippen LogP contribution in [0.3, 0.4) is 0 Å². The highest BCUT2D eigenvalue weighted by molar-refractivity contribution is 5.33. The lowest BCUT2D eigenvalue weighted by molar-refractivity contribution is -0.0346. The van der Waals surface area contributed by atoms with Crippen molar-refractivity contribution >= 4 is 0 Å². The molecule has 15 heavy (non-hydrogen) atoms. The molecule has 3 unspecified atom stereocenters. The van der Waals surface area contributed by atoms with Gasteiger partial charge in [-0.3, -0.25) is 0 Å². The van der Waals surface area contributed by atoms with Gasteiger partial charge in [-0.1, -0.05) is 38.8 Å². The lowest BCUT2D eigenvalue weighted by atomic mass is 9.50. The average Bonchev–Trinajstić information content (AvgIpc) is 2.88. The van der Waals surface area contributed by atoms with Gasteiger partial charge in [0.05, 0.1) is 0 Å². The van der Waals surface area contributed by atoms with E-state index in [1.807, 2.05) is 0 Å². The second-order valence-corrected chi connectivity index (χ2v) is 7.18. The van der Waals surface area contributed by atoms with Crippen molar-refractivity contribution in [2.45, 2.75) is 59.8 Å². The molecule has 0 nitrogen and oxygen atoms in total. The first kappa shape index (κ1) is 9.93. The summed E-state index contributed by atoms with van der Waals surface area (Å²) in [6.07, 6.45) is 9.74. The highest BCUT2D eigenvalue weighted by Gasteiger charge is 2.72. The molecule has 0 heterocycles. The minimum atomic E-state index is 0.584. The second-order valence-electron chi connectivity index (χ2n) is 7.18. The monoisotopic (exact) mass is 204 g/mol. The van der Waals surface area contributed by atoms with Crippen molar-refractivity contribution < 1.29 is 0 Å². The Morgan fingerprint density at radius 2 is 1.93 bits per heavy atom. The average molecular weight is 204 g/mol.